The lowest BCUT2D eigenvalue weighted by Gasteiger charge is -2.25. The Labute approximate surface area is 112 Å². The van der Waals surface area contributed by atoms with E-state index in [9.17, 15) is 0 Å². The maximum Gasteiger partial charge on any atom is 0.0449 e. The fraction of sp³-hybridized carbons (Fsp3) is 0.625. The van der Waals surface area contributed by atoms with Gasteiger partial charge in [-0.3, -0.25) is 0 Å². The lowest BCUT2D eigenvalue weighted by molar-refractivity contribution is 0.303. The van der Waals surface area contributed by atoms with Gasteiger partial charge in [-0.2, -0.15) is 0 Å². The van der Waals surface area contributed by atoms with Crippen LogP contribution in [0.3, 0.4) is 0 Å². The monoisotopic (exact) mass is 248 g/mol. The Hall–Kier alpha value is -0.860. The van der Waals surface area contributed by atoms with Crippen molar-refractivity contribution in [3.8, 4) is 0 Å². The Morgan fingerprint density at radius 3 is 2.44 bits per heavy atom. The average molecular weight is 248 g/mol. The van der Waals surface area contributed by atoms with Crippen molar-refractivity contribution < 1.29 is 0 Å². The third-order valence-corrected chi connectivity index (χ3v) is 3.61. The van der Waals surface area contributed by atoms with E-state index in [0.29, 0.717) is 6.04 Å². The number of hydrogen-bond donors (Lipinski definition) is 1. The van der Waals surface area contributed by atoms with Crippen molar-refractivity contribution in [2.45, 2.75) is 40.2 Å². The number of benzene rings is 1. The molecule has 0 saturated carbocycles. The molecule has 0 aliphatic carbocycles. The zero-order chi connectivity index (χ0) is 13.5. The van der Waals surface area contributed by atoms with Crippen molar-refractivity contribution >= 4 is 0 Å². The second-order valence-corrected chi connectivity index (χ2v) is 5.21. The summed E-state index contributed by atoms with van der Waals surface area (Å²) in [6, 6.07) is 7.26. The molecule has 0 aromatic heterocycles. The van der Waals surface area contributed by atoms with Gasteiger partial charge in [-0.05, 0) is 57.1 Å². The Balaban J connectivity index is 2.82. The van der Waals surface area contributed by atoms with Crippen LogP contribution < -0.4 is 5.32 Å². The number of likely N-dealkylation sites (N-methyl/N-ethyl adjacent to an activating group) is 1. The summed E-state index contributed by atoms with van der Waals surface area (Å²) in [4.78, 5) is 2.36. The maximum absolute atomic E-state index is 3.66. The molecule has 0 heterocycles. The number of rotatable bonds is 7. The molecule has 0 radical (unpaired) electrons. The second kappa shape index (κ2) is 7.55. The van der Waals surface area contributed by atoms with Crippen LogP contribution in [0.4, 0.5) is 0 Å². The summed E-state index contributed by atoms with van der Waals surface area (Å²) in [7, 11) is 2.18. The van der Waals surface area contributed by atoms with Gasteiger partial charge in [-0.1, -0.05) is 32.0 Å². The minimum Gasteiger partial charge on any atom is -0.309 e. The molecule has 0 fully saturated rings. The predicted molar refractivity (Wildman–Crippen MR) is 80.1 cm³/mol. The van der Waals surface area contributed by atoms with Gasteiger partial charge in [0.05, 0.1) is 0 Å². The van der Waals surface area contributed by atoms with Crippen LogP contribution in [0.25, 0.3) is 0 Å². The highest BCUT2D eigenvalue weighted by atomic mass is 15.1. The van der Waals surface area contributed by atoms with Crippen LogP contribution in [0, 0.1) is 13.8 Å². The fourth-order valence-corrected chi connectivity index (χ4v) is 2.03. The highest BCUT2D eigenvalue weighted by Gasteiger charge is 2.13. The average Bonchev–Trinajstić information content (AvgIpc) is 2.37. The summed E-state index contributed by atoms with van der Waals surface area (Å²) in [6.45, 7) is 12.0. The molecule has 1 unspecified atom stereocenters. The fourth-order valence-electron chi connectivity index (χ4n) is 2.03. The lowest BCUT2D eigenvalue weighted by atomic mass is 10.0. The number of aryl methyl sites for hydroxylation is 2. The second-order valence-electron chi connectivity index (χ2n) is 5.21. The van der Waals surface area contributed by atoms with Crippen LogP contribution in [-0.2, 0) is 0 Å². The maximum atomic E-state index is 3.66. The molecule has 102 valence electrons. The minimum atomic E-state index is 0.439. The first kappa shape index (κ1) is 15.2. The summed E-state index contributed by atoms with van der Waals surface area (Å²) in [6.07, 6.45) is 1.18. The zero-order valence-electron chi connectivity index (χ0n) is 12.6. The number of hydrogen-bond acceptors (Lipinski definition) is 2. The Kier molecular flexibility index (Phi) is 6.37. The highest BCUT2D eigenvalue weighted by Crippen LogP contribution is 2.18. The lowest BCUT2D eigenvalue weighted by Crippen LogP contribution is -2.33. The van der Waals surface area contributed by atoms with Gasteiger partial charge in [0.25, 0.3) is 0 Å². The minimum absolute atomic E-state index is 0.439. The molecule has 0 saturated heterocycles. The topological polar surface area (TPSA) is 15.3 Å². The smallest absolute Gasteiger partial charge is 0.0449 e. The molecule has 1 N–H and O–H groups in total. The van der Waals surface area contributed by atoms with Gasteiger partial charge in [0, 0.05) is 12.6 Å². The van der Waals surface area contributed by atoms with Gasteiger partial charge < -0.3 is 10.2 Å². The Morgan fingerprint density at radius 2 is 1.89 bits per heavy atom. The van der Waals surface area contributed by atoms with E-state index in [1.54, 1.807) is 0 Å². The van der Waals surface area contributed by atoms with E-state index >= 15 is 0 Å². The number of nitrogens with one attached hydrogen (secondary N) is 1. The van der Waals surface area contributed by atoms with Crippen molar-refractivity contribution in [1.82, 2.24) is 10.2 Å². The van der Waals surface area contributed by atoms with Gasteiger partial charge in [0.1, 0.15) is 0 Å². The molecule has 1 atom stereocenters. The summed E-state index contributed by atoms with van der Waals surface area (Å²) >= 11 is 0. The van der Waals surface area contributed by atoms with E-state index in [1.807, 2.05) is 0 Å². The quantitative estimate of drug-likeness (QED) is 0.796. The molecular formula is C16H28N2. The van der Waals surface area contributed by atoms with Crippen LogP contribution in [0.1, 0.15) is 43.0 Å². The van der Waals surface area contributed by atoms with Gasteiger partial charge in [0.15, 0.2) is 0 Å². The van der Waals surface area contributed by atoms with Crippen molar-refractivity contribution in [3.63, 3.8) is 0 Å². The van der Waals surface area contributed by atoms with E-state index in [-0.39, 0.29) is 0 Å². The molecule has 0 aliphatic rings. The molecular weight excluding hydrogens is 220 g/mol. The molecule has 2 nitrogen and oxygen atoms in total. The van der Waals surface area contributed by atoms with Crippen LogP contribution in [-0.4, -0.2) is 31.6 Å². The van der Waals surface area contributed by atoms with E-state index in [2.05, 4.69) is 63.2 Å². The Morgan fingerprint density at radius 1 is 1.17 bits per heavy atom. The summed E-state index contributed by atoms with van der Waals surface area (Å²) < 4.78 is 0. The van der Waals surface area contributed by atoms with Gasteiger partial charge in [0.2, 0.25) is 0 Å². The zero-order valence-corrected chi connectivity index (χ0v) is 12.6. The van der Waals surface area contributed by atoms with Crippen molar-refractivity contribution in [3.05, 3.63) is 34.9 Å². The van der Waals surface area contributed by atoms with E-state index < -0.39 is 0 Å². The van der Waals surface area contributed by atoms with E-state index in [0.717, 1.165) is 19.6 Å². The molecule has 1 aromatic carbocycles. The van der Waals surface area contributed by atoms with Crippen LogP contribution in [0.5, 0.6) is 0 Å². The van der Waals surface area contributed by atoms with Crippen LogP contribution in [0.2, 0.25) is 0 Å². The van der Waals surface area contributed by atoms with Crippen LogP contribution in [0.15, 0.2) is 18.2 Å². The van der Waals surface area contributed by atoms with Crippen molar-refractivity contribution in [1.29, 1.82) is 0 Å². The first-order chi connectivity index (χ1) is 8.58. The molecule has 0 spiro atoms. The molecule has 2 heteroatoms. The summed E-state index contributed by atoms with van der Waals surface area (Å²) in [5.74, 6) is 0. The van der Waals surface area contributed by atoms with Gasteiger partial charge in [-0.25, -0.2) is 0 Å². The van der Waals surface area contributed by atoms with E-state index in [4.69, 9.17) is 0 Å². The standard InChI is InChI=1S/C16H28N2/c1-6-10-17-16(12-18(5)7-2)15-9-8-13(3)14(4)11-15/h8-9,11,16-17H,6-7,10,12H2,1-5H3. The van der Waals surface area contributed by atoms with Crippen LogP contribution >= 0.6 is 0 Å². The highest BCUT2D eigenvalue weighted by molar-refractivity contribution is 5.31. The van der Waals surface area contributed by atoms with E-state index in [1.165, 1.54) is 23.1 Å². The first-order valence-corrected chi connectivity index (χ1v) is 7.07. The molecule has 0 amide bonds. The van der Waals surface area contributed by atoms with Crippen molar-refractivity contribution in [2.24, 2.45) is 0 Å². The summed E-state index contributed by atoms with van der Waals surface area (Å²) in [5.41, 5.74) is 4.17. The third kappa shape index (κ3) is 4.43. The third-order valence-electron chi connectivity index (χ3n) is 3.61. The number of nitrogens with zero attached hydrogens (tertiary/aromatic N) is 1. The Bertz CT molecular complexity index is 360. The first-order valence-electron chi connectivity index (χ1n) is 7.07. The molecule has 1 rings (SSSR count). The molecule has 1 aromatic rings. The van der Waals surface area contributed by atoms with Gasteiger partial charge >= 0.3 is 0 Å². The molecule has 0 bridgehead atoms. The largest absolute Gasteiger partial charge is 0.309 e. The van der Waals surface area contributed by atoms with Crippen molar-refractivity contribution in [2.75, 3.05) is 26.7 Å². The SMILES string of the molecule is CCCNC(CN(C)CC)c1ccc(C)c(C)c1. The van der Waals surface area contributed by atoms with Gasteiger partial charge in [-0.15, -0.1) is 0 Å². The molecule has 18 heavy (non-hydrogen) atoms. The summed E-state index contributed by atoms with van der Waals surface area (Å²) in [5, 5.41) is 3.66. The molecule has 0 aliphatic heterocycles. The predicted octanol–water partition coefficient (Wildman–Crippen LogP) is 3.30. The normalized spacial score (nSPS) is 13.0.